The molecule has 1 unspecified atom stereocenters. The van der Waals surface area contributed by atoms with E-state index >= 15 is 0 Å². The largest absolute Gasteiger partial charge is 0.496 e. The lowest BCUT2D eigenvalue weighted by molar-refractivity contribution is 0.177. The lowest BCUT2D eigenvalue weighted by Crippen LogP contribution is -2.03. The van der Waals surface area contributed by atoms with Gasteiger partial charge >= 0.3 is 0 Å². The number of aliphatic hydroxyl groups excluding tert-OH is 1. The molecule has 0 heterocycles. The Morgan fingerprint density at radius 3 is 2.32 bits per heavy atom. The molecule has 0 aliphatic rings. The van der Waals surface area contributed by atoms with Crippen molar-refractivity contribution in [3.63, 3.8) is 0 Å². The van der Waals surface area contributed by atoms with Crippen molar-refractivity contribution in [2.24, 2.45) is 0 Å². The van der Waals surface area contributed by atoms with Gasteiger partial charge in [-0.3, -0.25) is 0 Å². The van der Waals surface area contributed by atoms with Gasteiger partial charge in [0.15, 0.2) is 0 Å². The third-order valence-corrected chi connectivity index (χ3v) is 3.93. The summed E-state index contributed by atoms with van der Waals surface area (Å²) in [7, 11) is 1.64. The number of hydrogen-bond donors (Lipinski definition) is 1. The summed E-state index contributed by atoms with van der Waals surface area (Å²) in [5, 5.41) is 10.3. The fourth-order valence-corrected chi connectivity index (χ4v) is 2.59. The average Bonchev–Trinajstić information content (AvgIpc) is 2.39. The van der Waals surface area contributed by atoms with E-state index in [1.54, 1.807) is 7.11 Å². The van der Waals surface area contributed by atoms with Gasteiger partial charge in [0, 0.05) is 15.4 Å². The van der Waals surface area contributed by atoms with Gasteiger partial charge in [0.1, 0.15) is 5.75 Å². The number of aliphatic hydroxyl groups is 1. The molecule has 100 valence electrons. The van der Waals surface area contributed by atoms with Gasteiger partial charge in [-0.15, -0.1) is 0 Å². The van der Waals surface area contributed by atoms with Gasteiger partial charge in [-0.25, -0.2) is 0 Å². The Bertz CT molecular complexity index is 553. The Labute approximate surface area is 129 Å². The Morgan fingerprint density at radius 1 is 1.05 bits per heavy atom. The van der Waals surface area contributed by atoms with Crippen LogP contribution in [-0.4, -0.2) is 12.2 Å². The number of rotatable bonds is 4. The van der Waals surface area contributed by atoms with Gasteiger partial charge in [0.25, 0.3) is 0 Å². The van der Waals surface area contributed by atoms with E-state index < -0.39 is 6.10 Å². The van der Waals surface area contributed by atoms with E-state index in [1.807, 2.05) is 42.5 Å². The highest BCUT2D eigenvalue weighted by Crippen LogP contribution is 2.28. The van der Waals surface area contributed by atoms with E-state index in [4.69, 9.17) is 4.74 Å². The monoisotopic (exact) mass is 384 g/mol. The molecule has 0 radical (unpaired) electrons. The predicted octanol–water partition coefficient (Wildman–Crippen LogP) is 4.50. The molecule has 0 saturated carbocycles. The lowest BCUT2D eigenvalue weighted by atomic mass is 10.0. The van der Waals surface area contributed by atoms with Crippen LogP contribution in [0.5, 0.6) is 5.75 Å². The third-order valence-electron chi connectivity index (χ3n) is 2.91. The van der Waals surface area contributed by atoms with Gasteiger partial charge in [-0.2, -0.15) is 0 Å². The molecular weight excluding hydrogens is 372 g/mol. The summed E-state index contributed by atoms with van der Waals surface area (Å²) in [6.07, 6.45) is -0.0270. The Morgan fingerprint density at radius 2 is 1.68 bits per heavy atom. The highest BCUT2D eigenvalue weighted by atomic mass is 79.9. The first-order valence-electron chi connectivity index (χ1n) is 5.86. The molecule has 0 saturated heterocycles. The molecule has 0 aliphatic carbocycles. The molecule has 0 aliphatic heterocycles. The minimum Gasteiger partial charge on any atom is -0.496 e. The van der Waals surface area contributed by atoms with E-state index in [0.717, 1.165) is 25.8 Å². The Kier molecular flexibility index (Phi) is 5.02. The molecule has 0 fully saturated rings. The van der Waals surface area contributed by atoms with Crippen LogP contribution in [0.3, 0.4) is 0 Å². The zero-order valence-electron chi connectivity index (χ0n) is 10.4. The van der Waals surface area contributed by atoms with Crippen LogP contribution in [0.1, 0.15) is 17.2 Å². The first-order chi connectivity index (χ1) is 9.10. The molecular formula is C15H14Br2O2. The van der Waals surface area contributed by atoms with Crippen molar-refractivity contribution in [3.05, 3.63) is 62.5 Å². The maximum Gasteiger partial charge on any atom is 0.122 e. The Balaban J connectivity index is 2.20. The lowest BCUT2D eigenvalue weighted by Gasteiger charge is -2.14. The van der Waals surface area contributed by atoms with Crippen molar-refractivity contribution in [1.29, 1.82) is 0 Å². The van der Waals surface area contributed by atoms with Crippen LogP contribution in [0, 0.1) is 0 Å². The number of methoxy groups -OCH3 is 1. The fourth-order valence-electron chi connectivity index (χ4n) is 1.92. The number of hydrogen-bond acceptors (Lipinski definition) is 2. The quantitative estimate of drug-likeness (QED) is 0.839. The highest BCUT2D eigenvalue weighted by Gasteiger charge is 2.12. The van der Waals surface area contributed by atoms with Gasteiger partial charge in [-0.05, 0) is 41.5 Å². The Hall–Kier alpha value is -0.840. The molecule has 0 aromatic heterocycles. The molecule has 1 N–H and O–H groups in total. The van der Waals surface area contributed by atoms with E-state index in [-0.39, 0.29) is 0 Å². The summed E-state index contributed by atoms with van der Waals surface area (Å²) >= 11 is 6.82. The van der Waals surface area contributed by atoms with Gasteiger partial charge in [0.05, 0.1) is 13.2 Å². The summed E-state index contributed by atoms with van der Waals surface area (Å²) in [6, 6.07) is 13.5. The standard InChI is InChI=1S/C15H14Br2O2/c1-19-15-7-6-13(17)8-11(15)9-14(18)10-2-4-12(16)5-3-10/h2-8,14,18H,9H2,1H3. The average molecular weight is 386 g/mol. The molecule has 4 heteroatoms. The molecule has 1 atom stereocenters. The van der Waals surface area contributed by atoms with Crippen LogP contribution in [-0.2, 0) is 6.42 Å². The van der Waals surface area contributed by atoms with Crippen molar-refractivity contribution in [1.82, 2.24) is 0 Å². The van der Waals surface area contributed by atoms with Gasteiger partial charge in [0.2, 0.25) is 0 Å². The van der Waals surface area contributed by atoms with Crippen LogP contribution in [0.4, 0.5) is 0 Å². The first kappa shape index (κ1) is 14.6. The SMILES string of the molecule is COc1ccc(Br)cc1CC(O)c1ccc(Br)cc1. The van der Waals surface area contributed by atoms with E-state index in [9.17, 15) is 5.11 Å². The van der Waals surface area contributed by atoms with Crippen LogP contribution >= 0.6 is 31.9 Å². The number of ether oxygens (including phenoxy) is 1. The second-order valence-electron chi connectivity index (χ2n) is 4.23. The van der Waals surface area contributed by atoms with E-state index in [0.29, 0.717) is 6.42 Å². The van der Waals surface area contributed by atoms with Crippen molar-refractivity contribution >= 4 is 31.9 Å². The summed E-state index contributed by atoms with van der Waals surface area (Å²) in [5.74, 6) is 0.791. The van der Waals surface area contributed by atoms with Crippen molar-refractivity contribution in [3.8, 4) is 5.75 Å². The van der Waals surface area contributed by atoms with Crippen LogP contribution in [0.25, 0.3) is 0 Å². The van der Waals surface area contributed by atoms with Gasteiger partial charge in [-0.1, -0.05) is 44.0 Å². The second-order valence-corrected chi connectivity index (χ2v) is 6.06. The topological polar surface area (TPSA) is 29.5 Å². The smallest absolute Gasteiger partial charge is 0.122 e. The van der Waals surface area contributed by atoms with Crippen LogP contribution in [0.15, 0.2) is 51.4 Å². The predicted molar refractivity (Wildman–Crippen MR) is 83.5 cm³/mol. The molecule has 0 spiro atoms. The van der Waals surface area contributed by atoms with Crippen molar-refractivity contribution in [2.75, 3.05) is 7.11 Å². The van der Waals surface area contributed by atoms with E-state index in [2.05, 4.69) is 31.9 Å². The van der Waals surface area contributed by atoms with Crippen molar-refractivity contribution in [2.45, 2.75) is 12.5 Å². The minimum atomic E-state index is -0.545. The summed E-state index contributed by atoms with van der Waals surface area (Å²) in [6.45, 7) is 0. The molecule has 2 nitrogen and oxygen atoms in total. The molecule has 2 aromatic rings. The summed E-state index contributed by atoms with van der Waals surface area (Å²) in [4.78, 5) is 0. The number of benzene rings is 2. The molecule has 0 amide bonds. The summed E-state index contributed by atoms with van der Waals surface area (Å²) in [5.41, 5.74) is 1.87. The van der Waals surface area contributed by atoms with Gasteiger partial charge < -0.3 is 9.84 Å². The molecule has 2 aromatic carbocycles. The molecule has 19 heavy (non-hydrogen) atoms. The zero-order chi connectivity index (χ0) is 13.8. The number of halogens is 2. The second kappa shape index (κ2) is 6.55. The maximum absolute atomic E-state index is 10.3. The third kappa shape index (κ3) is 3.81. The summed E-state index contributed by atoms with van der Waals surface area (Å²) < 4.78 is 7.30. The van der Waals surface area contributed by atoms with Crippen LogP contribution < -0.4 is 4.74 Å². The maximum atomic E-state index is 10.3. The van der Waals surface area contributed by atoms with Crippen LogP contribution in [0.2, 0.25) is 0 Å². The molecule has 2 rings (SSSR count). The first-order valence-corrected chi connectivity index (χ1v) is 7.44. The normalized spacial score (nSPS) is 12.2. The minimum absolute atomic E-state index is 0.518. The fraction of sp³-hybridized carbons (Fsp3) is 0.200. The van der Waals surface area contributed by atoms with Crippen molar-refractivity contribution < 1.29 is 9.84 Å². The van der Waals surface area contributed by atoms with E-state index in [1.165, 1.54) is 0 Å². The molecule has 0 bridgehead atoms. The zero-order valence-corrected chi connectivity index (χ0v) is 13.6. The highest BCUT2D eigenvalue weighted by molar-refractivity contribution is 9.10.